The summed E-state index contributed by atoms with van der Waals surface area (Å²) in [7, 11) is 1.57. The molecule has 10 heteroatoms. The van der Waals surface area contributed by atoms with Crippen molar-refractivity contribution in [1.29, 1.82) is 0 Å². The Bertz CT molecular complexity index is 1780. The maximum Gasteiger partial charge on any atom is 0.271 e. The largest absolute Gasteiger partial charge is 0.506 e. The van der Waals surface area contributed by atoms with Gasteiger partial charge in [0.15, 0.2) is 4.80 Å². The van der Waals surface area contributed by atoms with Crippen molar-refractivity contribution < 1.29 is 14.6 Å². The zero-order chi connectivity index (χ0) is 27.0. The zero-order valence-corrected chi connectivity index (χ0v) is 25.4. The van der Waals surface area contributed by atoms with Crippen LogP contribution in [0.15, 0.2) is 87.8 Å². The molecule has 2 N–H and O–H groups in total. The van der Waals surface area contributed by atoms with Gasteiger partial charge in [0.05, 0.1) is 32.5 Å². The van der Waals surface area contributed by atoms with Crippen LogP contribution in [0.3, 0.4) is 0 Å². The van der Waals surface area contributed by atoms with Crippen molar-refractivity contribution in [2.45, 2.75) is 13.0 Å². The fraction of sp³-hybridized carbons (Fsp3) is 0.107. The second-order valence-corrected chi connectivity index (χ2v) is 11.9. The van der Waals surface area contributed by atoms with Crippen LogP contribution in [0.25, 0.3) is 6.08 Å². The highest BCUT2D eigenvalue weighted by molar-refractivity contribution is 14.1. The molecule has 1 atom stereocenters. The average molecular weight is 749 g/mol. The Labute approximate surface area is 249 Å². The van der Waals surface area contributed by atoms with Crippen molar-refractivity contribution in [3.63, 3.8) is 0 Å². The number of carbonyl (C=O) groups excluding carboxylic acids is 1. The number of aromatic nitrogens is 1. The minimum absolute atomic E-state index is 0.111. The maximum atomic E-state index is 13.9. The van der Waals surface area contributed by atoms with Gasteiger partial charge < -0.3 is 15.2 Å². The van der Waals surface area contributed by atoms with E-state index in [2.05, 4.69) is 55.5 Å². The zero-order valence-electron chi connectivity index (χ0n) is 20.2. The number of phenolic OH excluding ortho intramolecular Hbond substituents is 1. The molecule has 4 aromatic rings. The number of para-hydroxylation sites is 1. The monoisotopic (exact) mass is 749 g/mol. The molecule has 1 aromatic heterocycles. The highest BCUT2D eigenvalue weighted by atomic mass is 127. The predicted molar refractivity (Wildman–Crippen MR) is 165 cm³/mol. The maximum absolute atomic E-state index is 13.9. The van der Waals surface area contributed by atoms with Gasteiger partial charge in [0.1, 0.15) is 11.5 Å². The second kappa shape index (κ2) is 11.0. The van der Waals surface area contributed by atoms with Crippen LogP contribution in [0, 0.1) is 7.14 Å². The Morgan fingerprint density at radius 3 is 2.63 bits per heavy atom. The number of ether oxygens (including phenoxy) is 1. The van der Waals surface area contributed by atoms with Gasteiger partial charge >= 0.3 is 0 Å². The number of rotatable bonds is 5. The molecule has 1 aliphatic rings. The lowest BCUT2D eigenvalue weighted by Crippen LogP contribution is -2.40. The Hall–Kier alpha value is -2.97. The first-order valence-corrected chi connectivity index (χ1v) is 14.4. The number of methoxy groups -OCH3 is 1. The Balaban J connectivity index is 1.71. The average Bonchev–Trinajstić information content (AvgIpc) is 3.20. The molecular formula is C28H21I2N3O4S. The van der Waals surface area contributed by atoms with E-state index >= 15 is 0 Å². The quantitative estimate of drug-likeness (QED) is 0.287. The SMILES string of the molecule is COc1cccc([C@H]2C(C(=O)Nc3ccccc3)=C(C)N=c3s/c(=C\c4cc(I)cc(I)c4O)c(=O)n32)c1. The molecule has 0 saturated heterocycles. The lowest BCUT2D eigenvalue weighted by molar-refractivity contribution is -0.113. The molecule has 0 spiro atoms. The van der Waals surface area contributed by atoms with Gasteiger partial charge in [-0.15, -0.1) is 0 Å². The van der Waals surface area contributed by atoms with Gasteiger partial charge in [0.2, 0.25) is 0 Å². The van der Waals surface area contributed by atoms with E-state index < -0.39 is 6.04 Å². The number of halogens is 2. The lowest BCUT2D eigenvalue weighted by atomic mass is 9.95. The molecule has 0 aliphatic carbocycles. The van der Waals surface area contributed by atoms with Gasteiger partial charge in [-0.2, -0.15) is 0 Å². The molecule has 1 amide bonds. The van der Waals surface area contributed by atoms with E-state index in [1.165, 1.54) is 11.3 Å². The van der Waals surface area contributed by atoms with E-state index in [-0.39, 0.29) is 17.2 Å². The van der Waals surface area contributed by atoms with Crippen LogP contribution >= 0.6 is 56.5 Å². The number of hydrogen-bond donors (Lipinski definition) is 2. The molecule has 7 nitrogen and oxygen atoms in total. The molecule has 5 rings (SSSR count). The van der Waals surface area contributed by atoms with Crippen LogP contribution in [-0.2, 0) is 4.79 Å². The van der Waals surface area contributed by atoms with Crippen molar-refractivity contribution >= 4 is 74.2 Å². The van der Waals surface area contributed by atoms with Gasteiger partial charge in [-0.25, -0.2) is 4.99 Å². The third-order valence-corrected chi connectivity index (χ3v) is 8.48. The third kappa shape index (κ3) is 5.16. The van der Waals surface area contributed by atoms with Crippen LogP contribution in [0.1, 0.15) is 24.1 Å². The van der Waals surface area contributed by atoms with E-state index in [9.17, 15) is 14.7 Å². The number of hydrogen-bond acceptors (Lipinski definition) is 6. The van der Waals surface area contributed by atoms with Crippen LogP contribution in [0.5, 0.6) is 11.5 Å². The molecular weight excluding hydrogens is 728 g/mol. The fourth-order valence-electron chi connectivity index (χ4n) is 4.30. The summed E-state index contributed by atoms with van der Waals surface area (Å²) in [5.41, 5.74) is 2.49. The number of fused-ring (bicyclic) bond motifs is 1. The van der Waals surface area contributed by atoms with Crippen LogP contribution in [-0.4, -0.2) is 22.7 Å². The topological polar surface area (TPSA) is 92.9 Å². The number of allylic oxidation sites excluding steroid dienone is 1. The summed E-state index contributed by atoms with van der Waals surface area (Å²) in [5.74, 6) is 0.380. The number of amides is 1. The highest BCUT2D eigenvalue weighted by Crippen LogP contribution is 2.32. The van der Waals surface area contributed by atoms with Gasteiger partial charge in [-0.3, -0.25) is 14.2 Å². The van der Waals surface area contributed by atoms with E-state index in [4.69, 9.17) is 4.74 Å². The standard InChI is InChI=1S/C28H21I2N3O4S/c1-15-23(26(35)32-19-8-4-3-5-9-19)24(16-7-6-10-20(12-16)37-2)33-27(36)22(38-28(33)31-15)13-17-11-18(29)14-21(30)25(17)34/h3-14,24,34H,1-2H3,(H,32,35)/b22-13-/t24-/m0/s1. The molecule has 192 valence electrons. The summed E-state index contributed by atoms with van der Waals surface area (Å²) in [6, 6.07) is 19.5. The molecule has 0 saturated carbocycles. The number of nitrogens with zero attached hydrogens (tertiary/aromatic N) is 2. The minimum Gasteiger partial charge on any atom is -0.506 e. The molecule has 3 aromatic carbocycles. The first-order valence-electron chi connectivity index (χ1n) is 11.5. The Morgan fingerprint density at radius 2 is 1.89 bits per heavy atom. The number of benzene rings is 3. The number of anilines is 1. The number of phenols is 1. The number of carbonyl (C=O) groups is 1. The summed E-state index contributed by atoms with van der Waals surface area (Å²) in [5, 5.41) is 13.6. The molecule has 0 fully saturated rings. The van der Waals surface area contributed by atoms with Crippen molar-refractivity contribution in [3.8, 4) is 11.5 Å². The molecule has 2 heterocycles. The smallest absolute Gasteiger partial charge is 0.271 e. The first-order chi connectivity index (χ1) is 18.3. The molecule has 0 unspecified atom stereocenters. The summed E-state index contributed by atoms with van der Waals surface area (Å²) >= 11 is 5.47. The van der Waals surface area contributed by atoms with E-state index in [1.54, 1.807) is 36.8 Å². The molecule has 0 radical (unpaired) electrons. The van der Waals surface area contributed by atoms with Crippen LogP contribution < -0.4 is 24.9 Å². The number of aromatic hydroxyl groups is 1. The van der Waals surface area contributed by atoms with Crippen LogP contribution in [0.2, 0.25) is 0 Å². The molecule has 0 bridgehead atoms. The summed E-state index contributed by atoms with van der Waals surface area (Å²) < 4.78 is 9.03. The normalized spacial score (nSPS) is 15.2. The Kier molecular flexibility index (Phi) is 7.73. The summed E-state index contributed by atoms with van der Waals surface area (Å²) in [4.78, 5) is 32.7. The fourth-order valence-corrected chi connectivity index (χ4v) is 7.22. The van der Waals surface area contributed by atoms with E-state index in [0.29, 0.717) is 41.2 Å². The van der Waals surface area contributed by atoms with Crippen molar-refractivity contribution in [2.24, 2.45) is 4.99 Å². The highest BCUT2D eigenvalue weighted by Gasteiger charge is 2.32. The first kappa shape index (κ1) is 26.6. The van der Waals surface area contributed by atoms with E-state index in [0.717, 1.165) is 9.13 Å². The van der Waals surface area contributed by atoms with Crippen molar-refractivity contribution in [1.82, 2.24) is 4.57 Å². The summed E-state index contributed by atoms with van der Waals surface area (Å²) in [6.07, 6.45) is 1.68. The van der Waals surface area contributed by atoms with Crippen molar-refractivity contribution in [3.05, 3.63) is 116 Å². The predicted octanol–water partition coefficient (Wildman–Crippen LogP) is 4.80. The second-order valence-electron chi connectivity index (χ2n) is 8.50. The van der Waals surface area contributed by atoms with Crippen LogP contribution in [0.4, 0.5) is 5.69 Å². The van der Waals surface area contributed by atoms with Gasteiger partial charge in [0, 0.05) is 14.8 Å². The minimum atomic E-state index is -0.725. The third-order valence-electron chi connectivity index (χ3n) is 6.05. The Morgan fingerprint density at radius 1 is 1.13 bits per heavy atom. The van der Waals surface area contributed by atoms with Gasteiger partial charge in [0.25, 0.3) is 11.5 Å². The summed E-state index contributed by atoms with van der Waals surface area (Å²) in [6.45, 7) is 1.78. The molecule has 38 heavy (non-hydrogen) atoms. The van der Waals surface area contributed by atoms with E-state index in [1.807, 2.05) is 54.6 Å². The van der Waals surface area contributed by atoms with Crippen molar-refractivity contribution in [2.75, 3.05) is 12.4 Å². The molecule has 1 aliphatic heterocycles. The van der Waals surface area contributed by atoms with Gasteiger partial charge in [-0.1, -0.05) is 41.7 Å². The number of thiazole rings is 1. The number of nitrogens with one attached hydrogen (secondary N) is 1. The lowest BCUT2D eigenvalue weighted by Gasteiger charge is -2.25. The van der Waals surface area contributed by atoms with Gasteiger partial charge in [-0.05, 0) is 100 Å².